The number of hydrogen-bond donors (Lipinski definition) is 2. The Kier molecular flexibility index (Phi) is 7.74. The molecule has 0 aliphatic carbocycles. The van der Waals surface area contributed by atoms with E-state index in [1.807, 2.05) is 30.3 Å². The maximum atomic E-state index is 13.0. The van der Waals surface area contributed by atoms with Gasteiger partial charge in [0.1, 0.15) is 10.8 Å². The second-order valence-corrected chi connectivity index (χ2v) is 9.13. The molecule has 0 atom stereocenters. The standard InChI is InChI=1S/C24H26FN5O2S/c25-20-8-6-18(7-9-20)15-27-23(32)24-29-28-21(33-24)16-30-12-10-19(11-13-30)22(31)26-14-17-4-2-1-3-5-17/h1-9,19H,10-16H2,(H,26,31)(H,27,32). The molecular formula is C24H26FN5O2S. The number of nitrogens with zero attached hydrogens (tertiary/aromatic N) is 3. The number of aromatic nitrogens is 2. The number of hydrogen-bond acceptors (Lipinski definition) is 6. The highest BCUT2D eigenvalue weighted by molar-refractivity contribution is 7.13. The lowest BCUT2D eigenvalue weighted by molar-refractivity contribution is -0.126. The van der Waals surface area contributed by atoms with Gasteiger partial charge < -0.3 is 10.6 Å². The quantitative estimate of drug-likeness (QED) is 0.532. The van der Waals surface area contributed by atoms with Crippen molar-refractivity contribution in [2.75, 3.05) is 13.1 Å². The zero-order valence-corrected chi connectivity index (χ0v) is 19.0. The lowest BCUT2D eigenvalue weighted by Crippen LogP contribution is -2.40. The Hall–Kier alpha value is -3.17. The van der Waals surface area contributed by atoms with Crippen LogP contribution in [0.2, 0.25) is 0 Å². The maximum Gasteiger partial charge on any atom is 0.282 e. The van der Waals surface area contributed by atoms with Crippen LogP contribution in [0.3, 0.4) is 0 Å². The lowest BCUT2D eigenvalue weighted by atomic mass is 9.96. The van der Waals surface area contributed by atoms with Gasteiger partial charge in [-0.1, -0.05) is 53.8 Å². The molecule has 1 fully saturated rings. The number of halogens is 1. The second kappa shape index (κ2) is 11.1. The summed E-state index contributed by atoms with van der Waals surface area (Å²) in [4.78, 5) is 27.1. The van der Waals surface area contributed by atoms with E-state index in [-0.39, 0.29) is 23.5 Å². The molecule has 2 N–H and O–H groups in total. The first kappa shape index (κ1) is 23.0. The first-order valence-corrected chi connectivity index (χ1v) is 11.8. The van der Waals surface area contributed by atoms with Crippen LogP contribution in [0.5, 0.6) is 0 Å². The summed E-state index contributed by atoms with van der Waals surface area (Å²) < 4.78 is 13.0. The molecular weight excluding hydrogens is 441 g/mol. The van der Waals surface area contributed by atoms with Crippen LogP contribution in [0.1, 0.15) is 38.8 Å². The molecule has 0 unspecified atom stereocenters. The van der Waals surface area contributed by atoms with Crippen molar-refractivity contribution >= 4 is 23.2 Å². The zero-order chi connectivity index (χ0) is 23.0. The third kappa shape index (κ3) is 6.66. The molecule has 1 aliphatic heterocycles. The Morgan fingerprint density at radius 3 is 2.33 bits per heavy atom. The summed E-state index contributed by atoms with van der Waals surface area (Å²) in [7, 11) is 0. The number of carbonyl (C=O) groups excluding carboxylic acids is 2. The minimum Gasteiger partial charge on any atom is -0.352 e. The number of piperidine rings is 1. The predicted octanol–water partition coefficient (Wildman–Crippen LogP) is 3.14. The average molecular weight is 468 g/mol. The summed E-state index contributed by atoms with van der Waals surface area (Å²) in [6, 6.07) is 15.9. The van der Waals surface area contributed by atoms with Crippen molar-refractivity contribution in [3.05, 3.63) is 81.6 Å². The molecule has 7 nitrogen and oxygen atoms in total. The van der Waals surface area contributed by atoms with Gasteiger partial charge in [0.25, 0.3) is 5.91 Å². The van der Waals surface area contributed by atoms with E-state index in [0.29, 0.717) is 24.6 Å². The summed E-state index contributed by atoms with van der Waals surface area (Å²) in [5.41, 5.74) is 1.90. The van der Waals surface area contributed by atoms with Gasteiger partial charge in [0.05, 0.1) is 6.54 Å². The van der Waals surface area contributed by atoms with Crippen molar-refractivity contribution in [3.8, 4) is 0 Å². The van der Waals surface area contributed by atoms with E-state index in [1.54, 1.807) is 12.1 Å². The summed E-state index contributed by atoms with van der Waals surface area (Å²) in [6.07, 6.45) is 1.59. The van der Waals surface area contributed by atoms with E-state index >= 15 is 0 Å². The van der Waals surface area contributed by atoms with Crippen molar-refractivity contribution in [1.29, 1.82) is 0 Å². The highest BCUT2D eigenvalue weighted by atomic mass is 32.1. The van der Waals surface area contributed by atoms with Gasteiger partial charge in [-0.15, -0.1) is 10.2 Å². The Labute approximate surface area is 196 Å². The van der Waals surface area contributed by atoms with E-state index in [2.05, 4.69) is 25.7 Å². The highest BCUT2D eigenvalue weighted by Gasteiger charge is 2.25. The fourth-order valence-electron chi connectivity index (χ4n) is 3.74. The molecule has 2 heterocycles. The topological polar surface area (TPSA) is 87.2 Å². The van der Waals surface area contributed by atoms with Crippen LogP contribution in [0.4, 0.5) is 4.39 Å². The molecule has 2 aromatic carbocycles. The van der Waals surface area contributed by atoms with Crippen LogP contribution in [0.15, 0.2) is 54.6 Å². The first-order valence-electron chi connectivity index (χ1n) is 11.0. The van der Waals surface area contributed by atoms with Gasteiger partial charge in [0, 0.05) is 19.0 Å². The molecule has 9 heteroatoms. The van der Waals surface area contributed by atoms with Gasteiger partial charge >= 0.3 is 0 Å². The van der Waals surface area contributed by atoms with Crippen molar-refractivity contribution in [2.24, 2.45) is 5.92 Å². The number of likely N-dealkylation sites (tertiary alicyclic amines) is 1. The van der Waals surface area contributed by atoms with Crippen molar-refractivity contribution < 1.29 is 14.0 Å². The molecule has 2 amide bonds. The Balaban J connectivity index is 1.19. The minimum absolute atomic E-state index is 0.0205. The Bertz CT molecular complexity index is 1070. The smallest absolute Gasteiger partial charge is 0.282 e. The predicted molar refractivity (Wildman–Crippen MR) is 124 cm³/mol. The van der Waals surface area contributed by atoms with Crippen molar-refractivity contribution in [1.82, 2.24) is 25.7 Å². The molecule has 4 rings (SSSR count). The van der Waals surface area contributed by atoms with Gasteiger partial charge in [0.2, 0.25) is 10.9 Å². The van der Waals surface area contributed by atoms with Crippen molar-refractivity contribution in [3.63, 3.8) is 0 Å². The number of benzene rings is 2. The summed E-state index contributed by atoms with van der Waals surface area (Å²) in [6.45, 7) is 3.07. The number of nitrogens with one attached hydrogen (secondary N) is 2. The van der Waals surface area contributed by atoms with Gasteiger partial charge in [0.15, 0.2) is 0 Å². The first-order chi connectivity index (χ1) is 16.1. The summed E-state index contributed by atoms with van der Waals surface area (Å²) in [5, 5.41) is 15.1. The highest BCUT2D eigenvalue weighted by Crippen LogP contribution is 2.21. The fourth-order valence-corrected chi connectivity index (χ4v) is 4.54. The van der Waals surface area contributed by atoms with Gasteiger partial charge in [-0.2, -0.15) is 0 Å². The number of amides is 2. The van der Waals surface area contributed by atoms with Crippen LogP contribution < -0.4 is 10.6 Å². The Morgan fingerprint density at radius 1 is 0.939 bits per heavy atom. The molecule has 0 saturated carbocycles. The number of rotatable bonds is 8. The maximum absolute atomic E-state index is 13.0. The molecule has 33 heavy (non-hydrogen) atoms. The van der Waals surface area contributed by atoms with Crippen LogP contribution >= 0.6 is 11.3 Å². The van der Waals surface area contributed by atoms with Crippen molar-refractivity contribution in [2.45, 2.75) is 32.5 Å². The third-order valence-electron chi connectivity index (χ3n) is 5.65. The van der Waals surface area contributed by atoms with Crippen LogP contribution in [-0.4, -0.2) is 40.0 Å². The summed E-state index contributed by atoms with van der Waals surface area (Å²) in [5.74, 6) is -0.478. The number of carbonyl (C=O) groups is 2. The van der Waals surface area contributed by atoms with Gasteiger partial charge in [-0.3, -0.25) is 14.5 Å². The molecule has 1 saturated heterocycles. The SMILES string of the molecule is O=C(NCc1ccc(F)cc1)c1nnc(CN2CCC(C(=O)NCc3ccccc3)CC2)s1. The summed E-state index contributed by atoms with van der Waals surface area (Å²) >= 11 is 1.27. The second-order valence-electron chi connectivity index (χ2n) is 8.06. The van der Waals surface area contributed by atoms with Crippen LogP contribution in [-0.2, 0) is 24.4 Å². The monoisotopic (exact) mass is 467 g/mol. The Morgan fingerprint density at radius 2 is 1.61 bits per heavy atom. The van der Waals surface area contributed by atoms with E-state index in [9.17, 15) is 14.0 Å². The fraction of sp³-hybridized carbons (Fsp3) is 0.333. The van der Waals surface area contributed by atoms with E-state index in [0.717, 1.165) is 42.1 Å². The molecule has 1 aliphatic rings. The van der Waals surface area contributed by atoms with E-state index < -0.39 is 0 Å². The zero-order valence-electron chi connectivity index (χ0n) is 18.2. The minimum atomic E-state index is -0.310. The van der Waals surface area contributed by atoms with E-state index in [4.69, 9.17) is 0 Å². The normalized spacial score (nSPS) is 14.7. The van der Waals surface area contributed by atoms with Gasteiger partial charge in [-0.25, -0.2) is 4.39 Å². The van der Waals surface area contributed by atoms with Crippen LogP contribution in [0, 0.1) is 11.7 Å². The molecule has 0 spiro atoms. The molecule has 172 valence electrons. The third-order valence-corrected chi connectivity index (χ3v) is 6.56. The van der Waals surface area contributed by atoms with E-state index in [1.165, 1.54) is 23.5 Å². The molecule has 0 radical (unpaired) electrons. The molecule has 3 aromatic rings. The largest absolute Gasteiger partial charge is 0.352 e. The lowest BCUT2D eigenvalue weighted by Gasteiger charge is -2.30. The van der Waals surface area contributed by atoms with Crippen LogP contribution in [0.25, 0.3) is 0 Å². The van der Waals surface area contributed by atoms with Gasteiger partial charge in [-0.05, 0) is 49.2 Å². The molecule has 0 bridgehead atoms. The average Bonchev–Trinajstić information content (AvgIpc) is 3.32. The molecule has 1 aromatic heterocycles.